The highest BCUT2D eigenvalue weighted by Crippen LogP contribution is 2.39. The fourth-order valence-electron chi connectivity index (χ4n) is 2.58. The summed E-state index contributed by atoms with van der Waals surface area (Å²) in [5, 5.41) is 9.76. The molecule has 1 unspecified atom stereocenters. The third-order valence-corrected chi connectivity index (χ3v) is 3.64. The van der Waals surface area contributed by atoms with E-state index >= 15 is 0 Å². The van der Waals surface area contributed by atoms with Crippen molar-refractivity contribution in [2.75, 3.05) is 13.2 Å². The number of nitrogens with two attached hydrogens (primary N) is 1. The lowest BCUT2D eigenvalue weighted by atomic mass is 10.1. The van der Waals surface area contributed by atoms with Crippen molar-refractivity contribution >= 4 is 5.96 Å². The largest absolute Gasteiger partial charge is 0.504 e. The molecule has 1 saturated carbocycles. The maximum absolute atomic E-state index is 9.76. The average Bonchev–Trinajstić information content (AvgIpc) is 3.16. The lowest BCUT2D eigenvalue weighted by Gasteiger charge is -2.26. The van der Waals surface area contributed by atoms with Gasteiger partial charge < -0.3 is 20.5 Å². The standard InChI is InChI=1S/C14H19N3O2/c1-2-19-13-7-9(3-6-12(13)18)11-8-16-14(15)17(11)10-4-5-10/h3,6-7,10-11,18H,2,4-5,8H2,1H3,(H2,15,16). The number of ether oxygens (including phenoxy) is 1. The maximum atomic E-state index is 9.76. The van der Waals surface area contributed by atoms with Crippen LogP contribution in [0.3, 0.4) is 0 Å². The van der Waals surface area contributed by atoms with Gasteiger partial charge in [-0.25, -0.2) is 0 Å². The summed E-state index contributed by atoms with van der Waals surface area (Å²) in [6, 6.07) is 6.20. The van der Waals surface area contributed by atoms with Crippen LogP contribution < -0.4 is 10.5 Å². The zero-order valence-corrected chi connectivity index (χ0v) is 11.0. The minimum Gasteiger partial charge on any atom is -0.504 e. The van der Waals surface area contributed by atoms with Crippen LogP contribution in [0.15, 0.2) is 23.2 Å². The number of nitrogens with zero attached hydrogens (tertiary/aromatic N) is 2. The lowest BCUT2D eigenvalue weighted by molar-refractivity contribution is 0.312. The highest BCUT2D eigenvalue weighted by atomic mass is 16.5. The molecule has 3 rings (SSSR count). The predicted molar refractivity (Wildman–Crippen MR) is 73.4 cm³/mol. The Morgan fingerprint density at radius 1 is 1.47 bits per heavy atom. The van der Waals surface area contributed by atoms with Crippen LogP contribution in [0, 0.1) is 0 Å². The topological polar surface area (TPSA) is 71.1 Å². The van der Waals surface area contributed by atoms with Crippen molar-refractivity contribution in [3.05, 3.63) is 23.8 Å². The van der Waals surface area contributed by atoms with Crippen LogP contribution in [-0.2, 0) is 0 Å². The second-order valence-electron chi connectivity index (χ2n) is 5.01. The third kappa shape index (κ3) is 2.20. The number of hydrogen-bond acceptors (Lipinski definition) is 5. The number of rotatable bonds is 4. The van der Waals surface area contributed by atoms with Crippen molar-refractivity contribution < 1.29 is 9.84 Å². The van der Waals surface area contributed by atoms with Gasteiger partial charge in [0.15, 0.2) is 17.5 Å². The number of guanidine groups is 1. The first-order chi connectivity index (χ1) is 9.20. The Hall–Kier alpha value is -1.91. The Morgan fingerprint density at radius 2 is 2.26 bits per heavy atom. The smallest absolute Gasteiger partial charge is 0.192 e. The number of hydrogen-bond donors (Lipinski definition) is 2. The molecule has 1 aromatic carbocycles. The van der Waals surface area contributed by atoms with Gasteiger partial charge in [0.25, 0.3) is 0 Å². The first-order valence-corrected chi connectivity index (χ1v) is 6.74. The first kappa shape index (κ1) is 12.1. The quantitative estimate of drug-likeness (QED) is 0.864. The molecule has 0 radical (unpaired) electrons. The molecule has 1 fully saturated rings. The molecule has 1 aliphatic heterocycles. The van der Waals surface area contributed by atoms with E-state index in [1.54, 1.807) is 6.07 Å². The molecule has 0 bridgehead atoms. The van der Waals surface area contributed by atoms with E-state index in [0.29, 0.717) is 30.9 Å². The highest BCUT2D eigenvalue weighted by molar-refractivity contribution is 5.81. The van der Waals surface area contributed by atoms with Gasteiger partial charge in [0, 0.05) is 6.04 Å². The predicted octanol–water partition coefficient (Wildman–Crippen LogP) is 1.62. The molecule has 102 valence electrons. The molecule has 0 aromatic heterocycles. The molecular formula is C14H19N3O2. The van der Waals surface area contributed by atoms with Crippen molar-refractivity contribution in [2.24, 2.45) is 10.7 Å². The molecule has 3 N–H and O–H groups in total. The van der Waals surface area contributed by atoms with E-state index in [4.69, 9.17) is 10.5 Å². The second kappa shape index (κ2) is 4.64. The van der Waals surface area contributed by atoms with E-state index in [9.17, 15) is 5.11 Å². The van der Waals surface area contributed by atoms with Crippen LogP contribution in [0.2, 0.25) is 0 Å². The normalized spacial score (nSPS) is 22.5. The zero-order chi connectivity index (χ0) is 13.4. The van der Waals surface area contributed by atoms with E-state index in [0.717, 1.165) is 5.56 Å². The summed E-state index contributed by atoms with van der Waals surface area (Å²) in [5.41, 5.74) is 7.06. The summed E-state index contributed by atoms with van der Waals surface area (Å²) >= 11 is 0. The second-order valence-corrected chi connectivity index (χ2v) is 5.01. The lowest BCUT2D eigenvalue weighted by Crippen LogP contribution is -2.37. The molecule has 5 heteroatoms. The average molecular weight is 261 g/mol. The Labute approximate surface area is 112 Å². The van der Waals surface area contributed by atoms with Gasteiger partial charge in [0.1, 0.15) is 0 Å². The number of phenols is 1. The van der Waals surface area contributed by atoms with Gasteiger partial charge in [-0.2, -0.15) is 0 Å². The summed E-state index contributed by atoms with van der Waals surface area (Å²) in [6.07, 6.45) is 2.37. The number of aromatic hydroxyl groups is 1. The Balaban J connectivity index is 1.87. The van der Waals surface area contributed by atoms with Crippen LogP contribution in [-0.4, -0.2) is 35.2 Å². The van der Waals surface area contributed by atoms with E-state index in [2.05, 4.69) is 9.89 Å². The third-order valence-electron chi connectivity index (χ3n) is 3.64. The van der Waals surface area contributed by atoms with Crippen LogP contribution in [0.1, 0.15) is 31.4 Å². The van der Waals surface area contributed by atoms with Gasteiger partial charge >= 0.3 is 0 Å². The molecule has 1 aliphatic carbocycles. The number of phenolic OH excluding ortho intramolecular Hbond substituents is 1. The number of benzene rings is 1. The molecule has 19 heavy (non-hydrogen) atoms. The monoisotopic (exact) mass is 261 g/mol. The molecule has 1 aromatic rings. The van der Waals surface area contributed by atoms with E-state index < -0.39 is 0 Å². The fraction of sp³-hybridized carbons (Fsp3) is 0.500. The highest BCUT2D eigenvalue weighted by Gasteiger charge is 2.39. The molecular weight excluding hydrogens is 242 g/mol. The molecule has 5 nitrogen and oxygen atoms in total. The van der Waals surface area contributed by atoms with Crippen LogP contribution >= 0.6 is 0 Å². The van der Waals surface area contributed by atoms with Crippen LogP contribution in [0.5, 0.6) is 11.5 Å². The van der Waals surface area contributed by atoms with Gasteiger partial charge in [-0.05, 0) is 37.5 Å². The molecule has 1 heterocycles. The molecule has 0 saturated heterocycles. The van der Waals surface area contributed by atoms with Gasteiger partial charge in [0.05, 0.1) is 19.2 Å². The van der Waals surface area contributed by atoms with Crippen molar-refractivity contribution in [3.63, 3.8) is 0 Å². The Bertz CT molecular complexity index is 511. The number of aliphatic imine (C=N–C) groups is 1. The van der Waals surface area contributed by atoms with Gasteiger partial charge in [-0.1, -0.05) is 6.07 Å². The van der Waals surface area contributed by atoms with Crippen molar-refractivity contribution in [2.45, 2.75) is 31.8 Å². The van der Waals surface area contributed by atoms with E-state index in [1.165, 1.54) is 12.8 Å². The van der Waals surface area contributed by atoms with Crippen LogP contribution in [0.25, 0.3) is 0 Å². The van der Waals surface area contributed by atoms with E-state index in [1.807, 2.05) is 19.1 Å². The van der Waals surface area contributed by atoms with Crippen molar-refractivity contribution in [3.8, 4) is 11.5 Å². The van der Waals surface area contributed by atoms with Crippen LogP contribution in [0.4, 0.5) is 0 Å². The summed E-state index contributed by atoms with van der Waals surface area (Å²) in [6.45, 7) is 3.12. The molecule has 1 atom stereocenters. The SMILES string of the molecule is CCOc1cc(C2CN=C(N)N2C2CC2)ccc1O. The van der Waals surface area contributed by atoms with Crippen molar-refractivity contribution in [1.82, 2.24) is 4.90 Å². The minimum absolute atomic E-state index is 0.173. The van der Waals surface area contributed by atoms with Crippen molar-refractivity contribution in [1.29, 1.82) is 0 Å². The summed E-state index contributed by atoms with van der Waals surface area (Å²) in [4.78, 5) is 6.55. The maximum Gasteiger partial charge on any atom is 0.192 e. The Morgan fingerprint density at radius 3 is 2.95 bits per heavy atom. The zero-order valence-electron chi connectivity index (χ0n) is 11.0. The summed E-state index contributed by atoms with van der Waals surface area (Å²) < 4.78 is 5.44. The van der Waals surface area contributed by atoms with Gasteiger partial charge in [-0.3, -0.25) is 4.99 Å². The molecule has 0 spiro atoms. The molecule has 2 aliphatic rings. The summed E-state index contributed by atoms with van der Waals surface area (Å²) in [7, 11) is 0. The molecule has 0 amide bonds. The van der Waals surface area contributed by atoms with Gasteiger partial charge in [-0.15, -0.1) is 0 Å². The van der Waals surface area contributed by atoms with Gasteiger partial charge in [0.2, 0.25) is 0 Å². The first-order valence-electron chi connectivity index (χ1n) is 6.74. The summed E-state index contributed by atoms with van der Waals surface area (Å²) in [5.74, 6) is 1.34. The fourth-order valence-corrected chi connectivity index (χ4v) is 2.58. The minimum atomic E-state index is 0.173. The Kier molecular flexibility index (Phi) is 2.97. The van der Waals surface area contributed by atoms with E-state index in [-0.39, 0.29) is 11.8 Å².